The molecule has 6 nitrogen and oxygen atoms in total. The van der Waals surface area contributed by atoms with Gasteiger partial charge in [0.05, 0.1) is 23.2 Å². The number of hydrogen-bond acceptors (Lipinski definition) is 3. The Kier molecular flexibility index (Phi) is 2.94. The monoisotopic (exact) mass is 339 g/mol. The van der Waals surface area contributed by atoms with Crippen LogP contribution in [-0.4, -0.2) is 52.3 Å². The van der Waals surface area contributed by atoms with Crippen LogP contribution in [0.1, 0.15) is 22.3 Å². The Morgan fingerprint density at radius 3 is 2.62 bits per heavy atom. The molecule has 3 aliphatic rings. The van der Waals surface area contributed by atoms with Gasteiger partial charge in [0.15, 0.2) is 0 Å². The van der Waals surface area contributed by atoms with Crippen LogP contribution in [-0.2, 0) is 11.0 Å². The molecule has 9 heteroatoms. The molecule has 0 saturated carbocycles. The highest BCUT2D eigenvalue weighted by molar-refractivity contribution is 6.06. The fraction of sp³-hybridized carbons (Fsp3) is 0.400. The number of hydrogen-bond donors (Lipinski definition) is 1. The summed E-state index contributed by atoms with van der Waals surface area (Å²) in [4.78, 5) is 39.0. The van der Waals surface area contributed by atoms with Gasteiger partial charge < -0.3 is 9.80 Å². The topological polar surface area (TPSA) is 69.7 Å². The van der Waals surface area contributed by atoms with Gasteiger partial charge in [-0.3, -0.25) is 14.9 Å². The highest BCUT2D eigenvalue weighted by atomic mass is 19.4. The lowest BCUT2D eigenvalue weighted by atomic mass is 10.0. The molecule has 3 heterocycles. The van der Waals surface area contributed by atoms with E-state index in [1.165, 1.54) is 21.9 Å². The van der Waals surface area contributed by atoms with Crippen molar-refractivity contribution in [2.24, 2.45) is 0 Å². The van der Waals surface area contributed by atoms with Crippen LogP contribution in [0.4, 0.5) is 18.0 Å². The summed E-state index contributed by atoms with van der Waals surface area (Å²) in [5.74, 6) is -1.27. The van der Waals surface area contributed by atoms with E-state index in [9.17, 15) is 27.6 Å². The minimum absolute atomic E-state index is 0.132. The standard InChI is InChI=1S/C15H12F3N3O3/c16-15(17,18)9-4-2-1-3-8(9)13(23)20-6-7-5-10(20)11-12(22)19-14(24)21(7)11/h1-4,7,10-11H,5-6H2,(H,19,22,24). The van der Waals surface area contributed by atoms with Crippen molar-refractivity contribution >= 4 is 17.8 Å². The Morgan fingerprint density at radius 1 is 1.21 bits per heavy atom. The van der Waals surface area contributed by atoms with Crippen molar-refractivity contribution in [3.8, 4) is 0 Å². The van der Waals surface area contributed by atoms with E-state index in [0.717, 1.165) is 12.1 Å². The summed E-state index contributed by atoms with van der Waals surface area (Å²) in [6.45, 7) is 0.132. The molecule has 2 bridgehead atoms. The van der Waals surface area contributed by atoms with Crippen molar-refractivity contribution in [1.29, 1.82) is 0 Å². The second-order valence-corrected chi connectivity index (χ2v) is 6.10. The van der Waals surface area contributed by atoms with E-state index in [1.807, 2.05) is 0 Å². The number of piperazine rings is 1. The minimum atomic E-state index is -4.64. The zero-order valence-corrected chi connectivity index (χ0v) is 12.2. The average molecular weight is 339 g/mol. The number of alkyl halides is 3. The second-order valence-electron chi connectivity index (χ2n) is 6.10. The summed E-state index contributed by atoms with van der Waals surface area (Å²) in [5, 5.41) is 2.18. The number of urea groups is 1. The van der Waals surface area contributed by atoms with Crippen LogP contribution >= 0.6 is 0 Å². The molecule has 0 spiro atoms. The molecule has 24 heavy (non-hydrogen) atoms. The highest BCUT2D eigenvalue weighted by Crippen LogP contribution is 2.40. The van der Waals surface area contributed by atoms with Crippen molar-refractivity contribution in [2.45, 2.75) is 30.7 Å². The SMILES string of the molecule is O=C1NC(=O)N2C3CC(C12)N(C(=O)c1ccccc1C(F)(F)F)C3. The predicted molar refractivity (Wildman–Crippen MR) is 73.8 cm³/mol. The quantitative estimate of drug-likeness (QED) is 0.782. The number of rotatable bonds is 1. The number of fused-ring (bicyclic) bond motifs is 5. The summed E-state index contributed by atoms with van der Waals surface area (Å²) >= 11 is 0. The number of likely N-dealkylation sites (tertiary alicyclic amines) is 1. The van der Waals surface area contributed by atoms with Crippen molar-refractivity contribution in [2.75, 3.05) is 6.54 Å². The molecule has 3 unspecified atom stereocenters. The van der Waals surface area contributed by atoms with Crippen LogP contribution in [0.15, 0.2) is 24.3 Å². The number of carbonyl (C=O) groups excluding carboxylic acids is 3. The molecule has 0 aliphatic carbocycles. The first kappa shape index (κ1) is 15.0. The van der Waals surface area contributed by atoms with Gasteiger partial charge in [-0.2, -0.15) is 13.2 Å². The zero-order valence-electron chi connectivity index (χ0n) is 12.2. The molecule has 3 atom stereocenters. The molecular weight excluding hydrogens is 327 g/mol. The molecule has 1 aromatic rings. The van der Waals surface area contributed by atoms with Crippen molar-refractivity contribution in [3.63, 3.8) is 0 Å². The van der Waals surface area contributed by atoms with Gasteiger partial charge in [-0.25, -0.2) is 4.79 Å². The zero-order chi connectivity index (χ0) is 17.2. The Labute approximate surface area is 134 Å². The Hall–Kier alpha value is -2.58. The number of carbonyl (C=O) groups is 3. The predicted octanol–water partition coefficient (Wildman–Crippen LogP) is 1.22. The lowest BCUT2D eigenvalue weighted by Crippen LogP contribution is -2.55. The van der Waals surface area contributed by atoms with E-state index in [0.29, 0.717) is 6.42 Å². The van der Waals surface area contributed by atoms with E-state index in [4.69, 9.17) is 0 Å². The molecule has 1 N–H and O–H groups in total. The lowest BCUT2D eigenvalue weighted by molar-refractivity contribution is -0.138. The van der Waals surface area contributed by atoms with E-state index in [-0.39, 0.29) is 12.6 Å². The summed E-state index contributed by atoms with van der Waals surface area (Å²) in [6.07, 6.45) is -4.23. The van der Waals surface area contributed by atoms with E-state index < -0.39 is 47.2 Å². The third-order valence-corrected chi connectivity index (χ3v) is 4.84. The average Bonchev–Trinajstić information content (AvgIpc) is 3.18. The van der Waals surface area contributed by atoms with E-state index >= 15 is 0 Å². The molecule has 3 fully saturated rings. The van der Waals surface area contributed by atoms with Gasteiger partial charge in [-0.05, 0) is 18.6 Å². The molecule has 126 valence electrons. The summed E-state index contributed by atoms with van der Waals surface area (Å²) < 4.78 is 39.4. The fourth-order valence-corrected chi connectivity index (χ4v) is 3.90. The first-order valence-electron chi connectivity index (χ1n) is 7.39. The number of benzene rings is 1. The number of nitrogens with one attached hydrogen (secondary N) is 1. The highest BCUT2D eigenvalue weighted by Gasteiger charge is 2.60. The molecular formula is C15H12F3N3O3. The Balaban J connectivity index is 1.67. The van der Waals surface area contributed by atoms with Gasteiger partial charge in [-0.15, -0.1) is 0 Å². The maximum Gasteiger partial charge on any atom is 0.417 e. The number of amides is 4. The molecule has 1 aromatic carbocycles. The van der Waals surface area contributed by atoms with Crippen LogP contribution in [0.2, 0.25) is 0 Å². The summed E-state index contributed by atoms with van der Waals surface area (Å²) in [6, 6.07) is 2.35. The first-order valence-corrected chi connectivity index (χ1v) is 7.39. The smallest absolute Gasteiger partial charge is 0.331 e. The Morgan fingerprint density at radius 2 is 1.92 bits per heavy atom. The molecule has 3 saturated heterocycles. The third kappa shape index (κ3) is 1.93. The van der Waals surface area contributed by atoms with Gasteiger partial charge in [0.2, 0.25) is 0 Å². The van der Waals surface area contributed by atoms with Gasteiger partial charge in [0, 0.05) is 6.54 Å². The largest absolute Gasteiger partial charge is 0.417 e. The van der Waals surface area contributed by atoms with Crippen LogP contribution in [0.25, 0.3) is 0 Å². The van der Waals surface area contributed by atoms with E-state index in [1.54, 1.807) is 0 Å². The van der Waals surface area contributed by atoms with E-state index in [2.05, 4.69) is 5.32 Å². The minimum Gasteiger partial charge on any atom is -0.331 e. The van der Waals surface area contributed by atoms with Crippen LogP contribution in [0.5, 0.6) is 0 Å². The molecule has 4 rings (SSSR count). The maximum atomic E-state index is 13.1. The summed E-state index contributed by atoms with van der Waals surface area (Å²) in [7, 11) is 0. The molecule has 3 aliphatic heterocycles. The Bertz CT molecular complexity index is 764. The number of nitrogens with zero attached hydrogens (tertiary/aromatic N) is 2. The second kappa shape index (κ2) is 4.71. The third-order valence-electron chi connectivity index (χ3n) is 4.84. The van der Waals surface area contributed by atoms with Crippen LogP contribution in [0, 0.1) is 0 Å². The maximum absolute atomic E-state index is 13.1. The van der Waals surface area contributed by atoms with Crippen molar-refractivity contribution in [3.05, 3.63) is 35.4 Å². The lowest BCUT2D eigenvalue weighted by Gasteiger charge is -2.35. The van der Waals surface area contributed by atoms with Gasteiger partial charge in [0.1, 0.15) is 6.04 Å². The normalized spacial score (nSPS) is 28.4. The van der Waals surface area contributed by atoms with Gasteiger partial charge in [-0.1, -0.05) is 12.1 Å². The first-order chi connectivity index (χ1) is 11.3. The van der Waals surface area contributed by atoms with Crippen molar-refractivity contribution < 1.29 is 27.6 Å². The number of halogens is 3. The molecule has 0 radical (unpaired) electrons. The van der Waals surface area contributed by atoms with Crippen LogP contribution in [0.3, 0.4) is 0 Å². The van der Waals surface area contributed by atoms with Crippen LogP contribution < -0.4 is 5.32 Å². The molecule has 4 amide bonds. The fourth-order valence-electron chi connectivity index (χ4n) is 3.90. The van der Waals surface area contributed by atoms with Crippen molar-refractivity contribution in [1.82, 2.24) is 15.1 Å². The number of imide groups is 1. The summed E-state index contributed by atoms with van der Waals surface area (Å²) in [5.41, 5.74) is -1.43. The van der Waals surface area contributed by atoms with Gasteiger partial charge >= 0.3 is 12.2 Å². The van der Waals surface area contributed by atoms with Gasteiger partial charge in [0.25, 0.3) is 11.8 Å². The molecule has 0 aromatic heterocycles.